The molecule has 0 aliphatic carbocycles. The molecular weight excluding hydrogens is 272 g/mol. The lowest BCUT2D eigenvalue weighted by atomic mass is 10.2. The third-order valence-corrected chi connectivity index (χ3v) is 2.70. The smallest absolute Gasteiger partial charge is 0.0917 e. The van der Waals surface area contributed by atoms with Crippen LogP contribution in [0, 0.1) is 0 Å². The number of hydrogen-bond acceptors (Lipinski definition) is 4. The maximum absolute atomic E-state index is 4.69. The van der Waals surface area contributed by atoms with E-state index in [1.54, 1.807) is 0 Å². The topological polar surface area (TPSA) is 76.1 Å². The van der Waals surface area contributed by atoms with Crippen LogP contribution in [0.3, 0.4) is 0 Å². The van der Waals surface area contributed by atoms with Crippen LogP contribution in [0.2, 0.25) is 0 Å². The molecule has 0 bridgehead atoms. The summed E-state index contributed by atoms with van der Waals surface area (Å²) < 4.78 is 0. The summed E-state index contributed by atoms with van der Waals surface area (Å²) in [6.07, 6.45) is 0. The summed E-state index contributed by atoms with van der Waals surface area (Å²) in [6.45, 7) is 8.66. The van der Waals surface area contributed by atoms with Crippen molar-refractivity contribution in [3.63, 3.8) is 0 Å². The molecule has 0 fully saturated rings. The number of benzene rings is 2. The highest BCUT2D eigenvalue weighted by Crippen LogP contribution is 2.00. The second kappa shape index (κ2) is 9.94. The van der Waals surface area contributed by atoms with E-state index >= 15 is 0 Å². The fourth-order valence-electron chi connectivity index (χ4n) is 1.67. The highest BCUT2D eigenvalue weighted by Gasteiger charge is 1.95. The van der Waals surface area contributed by atoms with Crippen LogP contribution in [0.1, 0.15) is 11.1 Å². The minimum Gasteiger partial charge on any atom is -0.386 e. The fourth-order valence-corrected chi connectivity index (χ4v) is 1.67. The Balaban J connectivity index is 0.000000541. The Morgan fingerprint density at radius 3 is 1.36 bits per heavy atom. The van der Waals surface area contributed by atoms with E-state index < -0.39 is 0 Å². The molecule has 0 heterocycles. The van der Waals surface area contributed by atoms with Gasteiger partial charge >= 0.3 is 0 Å². The van der Waals surface area contributed by atoms with Crippen LogP contribution < -0.4 is 22.1 Å². The molecule has 0 atom stereocenters. The summed E-state index contributed by atoms with van der Waals surface area (Å²) in [5, 5.41) is 6.53. The van der Waals surface area contributed by atoms with Gasteiger partial charge in [0.2, 0.25) is 0 Å². The number of nitrogens with two attached hydrogens (primary N) is 2. The Morgan fingerprint density at radius 2 is 1.05 bits per heavy atom. The average Bonchev–Trinajstić information content (AvgIpc) is 2.52. The number of rotatable bonds is 6. The Kier molecular flexibility index (Phi) is 7.76. The average molecular weight is 296 g/mol. The van der Waals surface area contributed by atoms with Crippen molar-refractivity contribution < 1.29 is 0 Å². The van der Waals surface area contributed by atoms with Gasteiger partial charge in [-0.1, -0.05) is 73.8 Å². The lowest BCUT2D eigenvalue weighted by Crippen LogP contribution is -2.24. The zero-order valence-corrected chi connectivity index (χ0v) is 12.8. The van der Waals surface area contributed by atoms with Crippen molar-refractivity contribution in [3.8, 4) is 0 Å². The molecule has 2 aromatic carbocycles. The molecule has 0 saturated carbocycles. The van der Waals surface area contributed by atoms with Crippen LogP contribution in [0.15, 0.2) is 85.5 Å². The zero-order valence-electron chi connectivity index (χ0n) is 12.8. The van der Waals surface area contributed by atoms with Crippen LogP contribution in [-0.2, 0) is 13.1 Å². The molecule has 0 aromatic heterocycles. The Hall–Kier alpha value is -2.88. The minimum absolute atomic E-state index is 0.167. The first-order valence-electron chi connectivity index (χ1n) is 7.02. The lowest BCUT2D eigenvalue weighted by Gasteiger charge is -2.12. The van der Waals surface area contributed by atoms with Gasteiger partial charge < -0.3 is 22.1 Å². The van der Waals surface area contributed by atoms with Crippen LogP contribution in [0.5, 0.6) is 0 Å². The van der Waals surface area contributed by atoms with Gasteiger partial charge in [0, 0.05) is 13.1 Å². The molecule has 116 valence electrons. The summed E-state index contributed by atoms with van der Waals surface area (Å²) in [4.78, 5) is 0. The molecule has 4 nitrogen and oxygen atoms in total. The molecule has 0 saturated heterocycles. The third-order valence-electron chi connectivity index (χ3n) is 2.70. The molecule has 0 unspecified atom stereocenters. The summed E-state index contributed by atoms with van der Waals surface area (Å²) in [6, 6.07) is 20.6. The van der Waals surface area contributed by atoms with Gasteiger partial charge in [0.15, 0.2) is 0 Å². The fraction of sp³-hybridized carbons (Fsp3) is 0.111. The molecule has 0 aliphatic rings. The molecule has 4 heteroatoms. The second-order valence-electron chi connectivity index (χ2n) is 4.73. The lowest BCUT2D eigenvalue weighted by molar-refractivity contribution is 0.685. The third kappa shape index (κ3) is 8.32. The van der Waals surface area contributed by atoms with Crippen LogP contribution in [0.25, 0.3) is 0 Å². The van der Waals surface area contributed by atoms with Gasteiger partial charge in [-0.05, 0) is 11.1 Å². The van der Waals surface area contributed by atoms with Gasteiger partial charge in [0.1, 0.15) is 0 Å². The van der Waals surface area contributed by atoms with Crippen LogP contribution >= 0.6 is 0 Å². The van der Waals surface area contributed by atoms with Crippen molar-refractivity contribution in [3.05, 3.63) is 96.6 Å². The molecule has 0 radical (unpaired) electrons. The number of nitrogens with one attached hydrogen (secondary N) is 2. The highest BCUT2D eigenvalue weighted by atomic mass is 15.1. The van der Waals surface area contributed by atoms with Gasteiger partial charge in [-0.15, -0.1) is 0 Å². The quantitative estimate of drug-likeness (QED) is 0.660. The predicted octanol–water partition coefficient (Wildman–Crippen LogP) is 2.41. The van der Waals surface area contributed by atoms with Crippen molar-refractivity contribution in [2.75, 3.05) is 0 Å². The van der Waals surface area contributed by atoms with E-state index in [9.17, 15) is 0 Å². The van der Waals surface area contributed by atoms with Crippen molar-refractivity contribution in [1.29, 1.82) is 0 Å². The summed E-state index contributed by atoms with van der Waals surface area (Å²) in [7, 11) is 0. The van der Waals surface area contributed by atoms with E-state index in [-0.39, 0.29) is 5.82 Å². The Labute approximate surface area is 132 Å². The first kappa shape index (κ1) is 17.2. The highest BCUT2D eigenvalue weighted by molar-refractivity contribution is 5.16. The molecule has 22 heavy (non-hydrogen) atoms. The largest absolute Gasteiger partial charge is 0.386 e. The van der Waals surface area contributed by atoms with Crippen LogP contribution in [-0.4, -0.2) is 0 Å². The van der Waals surface area contributed by atoms with Gasteiger partial charge in [0.05, 0.1) is 11.6 Å². The molecule has 6 N–H and O–H groups in total. The zero-order chi connectivity index (χ0) is 16.2. The molecule has 0 amide bonds. The number of hydrogen-bond donors (Lipinski definition) is 4. The monoisotopic (exact) mass is 296 g/mol. The van der Waals surface area contributed by atoms with E-state index in [1.165, 1.54) is 11.1 Å². The summed E-state index contributed by atoms with van der Waals surface area (Å²) in [5.74, 6) is 1.02. The van der Waals surface area contributed by atoms with Gasteiger partial charge in [-0.2, -0.15) is 0 Å². The molecular formula is C18H24N4. The predicted molar refractivity (Wildman–Crippen MR) is 93.2 cm³/mol. The minimum atomic E-state index is 0.167. The van der Waals surface area contributed by atoms with Crippen molar-refractivity contribution >= 4 is 0 Å². The normalized spacial score (nSPS) is 9.09. The Morgan fingerprint density at radius 1 is 0.727 bits per heavy atom. The van der Waals surface area contributed by atoms with Gasteiger partial charge in [-0.25, -0.2) is 0 Å². The molecule has 2 aromatic rings. The van der Waals surface area contributed by atoms with Crippen molar-refractivity contribution in [2.45, 2.75) is 13.1 Å². The summed E-state index contributed by atoms with van der Waals surface area (Å²) >= 11 is 0. The first-order chi connectivity index (χ1) is 10.6. The van der Waals surface area contributed by atoms with Gasteiger partial charge in [0.25, 0.3) is 0 Å². The molecule has 2 rings (SSSR count). The van der Waals surface area contributed by atoms with Crippen LogP contribution in [0.4, 0.5) is 0 Å². The Bertz CT molecular complexity index is 515. The van der Waals surface area contributed by atoms with E-state index in [4.69, 9.17) is 11.5 Å². The first-order valence-corrected chi connectivity index (χ1v) is 7.02. The molecule has 0 spiro atoms. The standard InChI is InChI=1S/C16H18N2.C2H6N2/c1-14(17-12-15-8-4-2-5-9-15)18-13-16-10-6-3-7-11-16;1-2(3)4/h2-11,17-18H,1,12-13H2;1,3-4H2. The maximum atomic E-state index is 4.69. The van der Waals surface area contributed by atoms with E-state index in [0.29, 0.717) is 0 Å². The SMILES string of the molecule is C=C(N)N.C=C(NCc1ccccc1)NCc1ccccc1. The maximum Gasteiger partial charge on any atom is 0.0917 e. The van der Waals surface area contributed by atoms with Gasteiger partial charge in [-0.3, -0.25) is 0 Å². The van der Waals surface area contributed by atoms with Crippen molar-refractivity contribution in [1.82, 2.24) is 10.6 Å². The van der Waals surface area contributed by atoms with E-state index in [1.807, 2.05) is 36.4 Å². The molecule has 0 aliphatic heterocycles. The van der Waals surface area contributed by atoms with Crippen molar-refractivity contribution in [2.24, 2.45) is 11.5 Å². The summed E-state index contributed by atoms with van der Waals surface area (Å²) in [5.41, 5.74) is 11.9. The van der Waals surface area contributed by atoms with E-state index in [2.05, 4.69) is 48.1 Å². The van der Waals surface area contributed by atoms with E-state index in [0.717, 1.165) is 18.9 Å². The second-order valence-corrected chi connectivity index (χ2v) is 4.73.